The summed E-state index contributed by atoms with van der Waals surface area (Å²) in [7, 11) is 1.59. The Labute approximate surface area is 203 Å². The molecule has 1 fully saturated rings. The van der Waals surface area contributed by atoms with Gasteiger partial charge in [-0.05, 0) is 36.1 Å². The number of carbonyl (C=O) groups is 1. The molecule has 0 radical (unpaired) electrons. The number of fused-ring (bicyclic) bond motifs is 2. The number of nitrogens with zero attached hydrogens (tertiary/aromatic N) is 5. The van der Waals surface area contributed by atoms with E-state index in [1.807, 2.05) is 20.5 Å². The quantitative estimate of drug-likeness (QED) is 0.658. The summed E-state index contributed by atoms with van der Waals surface area (Å²) < 4.78 is 35.9. The van der Waals surface area contributed by atoms with Gasteiger partial charge in [0, 0.05) is 74.0 Å². The fourth-order valence-corrected chi connectivity index (χ4v) is 5.22. The molecule has 0 spiro atoms. The number of hydrogen-bond donors (Lipinski definition) is 1. The first-order chi connectivity index (χ1) is 16.9. The van der Waals surface area contributed by atoms with Gasteiger partial charge in [0.1, 0.15) is 0 Å². The molecule has 35 heavy (non-hydrogen) atoms. The zero-order valence-electron chi connectivity index (χ0n) is 20.0. The molecule has 186 valence electrons. The van der Waals surface area contributed by atoms with Crippen molar-refractivity contribution in [2.75, 3.05) is 38.3 Å². The van der Waals surface area contributed by atoms with E-state index in [1.54, 1.807) is 20.0 Å². The summed E-state index contributed by atoms with van der Waals surface area (Å²) in [6.07, 6.45) is 2.48. The number of nitrogens with two attached hydrogens (primary N) is 1. The third-order valence-electron chi connectivity index (χ3n) is 7.10. The van der Waals surface area contributed by atoms with Gasteiger partial charge in [0.05, 0.1) is 25.8 Å². The highest BCUT2D eigenvalue weighted by Gasteiger charge is 2.35. The van der Waals surface area contributed by atoms with Gasteiger partial charge < -0.3 is 20.3 Å². The second-order valence-corrected chi connectivity index (χ2v) is 9.21. The van der Waals surface area contributed by atoms with Crippen LogP contribution in [-0.2, 0) is 28.9 Å². The number of carbonyl (C=O) groups excluding carboxylic acids is 1. The summed E-state index contributed by atoms with van der Waals surface area (Å²) >= 11 is 0. The molecular formula is C25H30F2N6O2. The minimum Gasteiger partial charge on any atom is -0.404 e. The van der Waals surface area contributed by atoms with Gasteiger partial charge in [-0.1, -0.05) is 0 Å². The Balaban J connectivity index is 1.63. The topological polar surface area (TPSA) is 89.0 Å². The Hall–Kier alpha value is -3.27. The van der Waals surface area contributed by atoms with Gasteiger partial charge >= 0.3 is 0 Å². The molecule has 0 bridgehead atoms. The molecule has 3 aliphatic heterocycles. The molecule has 2 N–H and O–H groups in total. The van der Waals surface area contributed by atoms with Crippen LogP contribution in [0.4, 0.5) is 20.3 Å². The molecule has 1 aromatic heterocycles. The van der Waals surface area contributed by atoms with Gasteiger partial charge in [0.15, 0.2) is 5.82 Å². The normalized spacial score (nSPS) is 18.7. The highest BCUT2D eigenvalue weighted by Crippen LogP contribution is 2.42. The number of amides is 1. The van der Waals surface area contributed by atoms with Gasteiger partial charge in [0.2, 0.25) is 5.91 Å². The summed E-state index contributed by atoms with van der Waals surface area (Å²) in [4.78, 5) is 20.0. The number of allylic oxidation sites excluding steroid dienone is 1. The predicted molar refractivity (Wildman–Crippen MR) is 130 cm³/mol. The van der Waals surface area contributed by atoms with E-state index < -0.39 is 6.43 Å². The van der Waals surface area contributed by atoms with Crippen molar-refractivity contribution in [2.24, 2.45) is 10.7 Å². The lowest BCUT2D eigenvalue weighted by molar-refractivity contribution is -0.129. The fourth-order valence-electron chi connectivity index (χ4n) is 5.22. The van der Waals surface area contributed by atoms with E-state index in [0.717, 1.165) is 41.2 Å². The zero-order valence-corrected chi connectivity index (χ0v) is 20.0. The zero-order chi connectivity index (χ0) is 24.7. The molecule has 8 nitrogen and oxygen atoms in total. The van der Waals surface area contributed by atoms with Crippen molar-refractivity contribution in [2.45, 2.75) is 45.2 Å². The number of benzene rings is 1. The number of aryl methyl sites for hydroxylation is 1. The molecule has 2 aromatic rings. The number of anilines is 2. The Kier molecular flexibility index (Phi) is 6.31. The van der Waals surface area contributed by atoms with Crippen molar-refractivity contribution in [1.82, 2.24) is 14.7 Å². The smallest absolute Gasteiger partial charge is 0.264 e. The Morgan fingerprint density at radius 1 is 1.29 bits per heavy atom. The minimum atomic E-state index is -2.67. The first-order valence-corrected chi connectivity index (χ1v) is 11.9. The van der Waals surface area contributed by atoms with E-state index in [9.17, 15) is 13.6 Å². The fraction of sp³-hybridized carbons (Fsp3) is 0.480. The maximum absolute atomic E-state index is 14.2. The van der Waals surface area contributed by atoms with E-state index in [-0.39, 0.29) is 17.5 Å². The SMILES string of the molecule is CN=CC(=CN)c1cc2c(cc1C(F)F)N(c1nn(C3COC3)c3c1CN(C(C)=O)CC3)CCC2. The predicted octanol–water partition coefficient (Wildman–Crippen LogP) is 3.38. The van der Waals surface area contributed by atoms with Crippen LogP contribution in [0.1, 0.15) is 53.8 Å². The number of ether oxygens (including phenoxy) is 1. The molecule has 5 rings (SSSR count). The van der Waals surface area contributed by atoms with E-state index in [2.05, 4.69) is 4.99 Å². The average molecular weight is 485 g/mol. The molecule has 10 heteroatoms. The highest BCUT2D eigenvalue weighted by molar-refractivity contribution is 6.10. The van der Waals surface area contributed by atoms with E-state index in [4.69, 9.17) is 15.6 Å². The van der Waals surface area contributed by atoms with Crippen LogP contribution < -0.4 is 10.6 Å². The third kappa shape index (κ3) is 4.09. The summed E-state index contributed by atoms with van der Waals surface area (Å²) in [5.41, 5.74) is 10.3. The van der Waals surface area contributed by atoms with Crippen LogP contribution in [0.5, 0.6) is 0 Å². The van der Waals surface area contributed by atoms with Gasteiger partial charge in [-0.25, -0.2) is 8.78 Å². The standard InChI is InChI=1S/C25H30F2N6O2/c1-15(34)31-7-5-22-21(12-31)25(30-33(22)18-13-35-14-18)32-6-3-4-16-8-19(17(10-28)11-29-2)20(24(26)27)9-23(16)32/h8-11,18,24H,3-7,12-14,28H2,1-2H3. The van der Waals surface area contributed by atoms with Gasteiger partial charge in [0.25, 0.3) is 6.43 Å². The van der Waals surface area contributed by atoms with Crippen LogP contribution in [0.3, 0.4) is 0 Å². The maximum Gasteiger partial charge on any atom is 0.264 e. The molecule has 1 amide bonds. The summed E-state index contributed by atoms with van der Waals surface area (Å²) in [6.45, 7) is 4.55. The molecular weight excluding hydrogens is 454 g/mol. The number of aromatic nitrogens is 2. The number of halogens is 2. The molecule has 0 atom stereocenters. The van der Waals surface area contributed by atoms with Crippen LogP contribution in [0.15, 0.2) is 23.3 Å². The summed E-state index contributed by atoms with van der Waals surface area (Å²) in [5.74, 6) is 0.764. The van der Waals surface area contributed by atoms with Gasteiger partial charge in [-0.2, -0.15) is 5.10 Å². The minimum absolute atomic E-state index is 0.0173. The maximum atomic E-state index is 14.2. The van der Waals surface area contributed by atoms with Crippen molar-refractivity contribution in [1.29, 1.82) is 0 Å². The van der Waals surface area contributed by atoms with Gasteiger partial charge in [-0.3, -0.25) is 14.5 Å². The molecule has 1 aromatic carbocycles. The monoisotopic (exact) mass is 484 g/mol. The first-order valence-electron chi connectivity index (χ1n) is 11.9. The second-order valence-electron chi connectivity index (χ2n) is 9.21. The lowest BCUT2D eigenvalue weighted by Gasteiger charge is -2.33. The van der Waals surface area contributed by atoms with Crippen molar-refractivity contribution in [3.63, 3.8) is 0 Å². The van der Waals surface area contributed by atoms with Crippen LogP contribution in [-0.4, -0.2) is 60.2 Å². The number of rotatable bonds is 5. The molecule has 1 saturated heterocycles. The third-order valence-corrected chi connectivity index (χ3v) is 7.10. The Morgan fingerprint density at radius 3 is 2.71 bits per heavy atom. The molecule has 0 unspecified atom stereocenters. The highest BCUT2D eigenvalue weighted by atomic mass is 19.3. The van der Waals surface area contributed by atoms with Crippen molar-refractivity contribution in [3.8, 4) is 0 Å². The van der Waals surface area contributed by atoms with Gasteiger partial charge in [-0.15, -0.1) is 0 Å². The number of aliphatic imine (C=N–C) groups is 1. The van der Waals surface area contributed by atoms with Crippen molar-refractivity contribution < 1.29 is 18.3 Å². The van der Waals surface area contributed by atoms with Crippen LogP contribution in [0, 0.1) is 0 Å². The largest absolute Gasteiger partial charge is 0.404 e. The average Bonchev–Trinajstić information content (AvgIpc) is 3.18. The molecule has 4 heterocycles. The lowest BCUT2D eigenvalue weighted by atomic mass is 9.92. The number of alkyl halides is 2. The van der Waals surface area contributed by atoms with E-state index in [0.29, 0.717) is 50.4 Å². The van der Waals surface area contributed by atoms with Crippen LogP contribution in [0.2, 0.25) is 0 Å². The second kappa shape index (κ2) is 9.41. The van der Waals surface area contributed by atoms with Crippen molar-refractivity contribution in [3.05, 3.63) is 46.3 Å². The lowest BCUT2D eigenvalue weighted by Crippen LogP contribution is -2.37. The first kappa shape index (κ1) is 23.5. The molecule has 0 saturated carbocycles. The Bertz CT molecular complexity index is 1200. The van der Waals surface area contributed by atoms with E-state index >= 15 is 0 Å². The molecule has 3 aliphatic rings. The van der Waals surface area contributed by atoms with Crippen molar-refractivity contribution >= 4 is 29.2 Å². The summed E-state index contributed by atoms with van der Waals surface area (Å²) in [5, 5.41) is 4.99. The summed E-state index contributed by atoms with van der Waals surface area (Å²) in [6, 6.07) is 3.55. The van der Waals surface area contributed by atoms with Crippen LogP contribution in [0.25, 0.3) is 5.57 Å². The van der Waals surface area contributed by atoms with Crippen LogP contribution >= 0.6 is 0 Å². The number of hydrogen-bond acceptors (Lipinski definition) is 6. The van der Waals surface area contributed by atoms with E-state index in [1.165, 1.54) is 12.4 Å². The Morgan fingerprint density at radius 2 is 2.09 bits per heavy atom. The molecule has 0 aliphatic carbocycles.